The van der Waals surface area contributed by atoms with E-state index in [1.54, 1.807) is 24.3 Å². The number of nitrogens with one attached hydrogen (secondary N) is 1. The van der Waals surface area contributed by atoms with Crippen molar-refractivity contribution in [2.45, 2.75) is 23.8 Å². The molecule has 0 fully saturated rings. The number of benzene rings is 2. The van der Waals surface area contributed by atoms with Crippen molar-refractivity contribution in [3.63, 3.8) is 0 Å². The molecule has 0 bridgehead atoms. The van der Waals surface area contributed by atoms with E-state index in [9.17, 15) is 8.42 Å². The Morgan fingerprint density at radius 3 is 2.44 bits per heavy atom. The normalized spacial score (nSPS) is 17.0. The number of nitrogens with zero attached hydrogens (tertiary/aromatic N) is 1. The van der Waals surface area contributed by atoms with Crippen LogP contribution in [0.5, 0.6) is 0 Å². The molecule has 1 heterocycles. The van der Waals surface area contributed by atoms with Crippen LogP contribution in [-0.2, 0) is 21.2 Å². The molecule has 1 atom stereocenters. The van der Waals surface area contributed by atoms with Crippen LogP contribution in [0, 0.1) is 0 Å². The van der Waals surface area contributed by atoms with E-state index in [2.05, 4.69) is 9.71 Å². The lowest BCUT2D eigenvalue weighted by molar-refractivity contribution is 0.308. The Morgan fingerprint density at radius 1 is 1.16 bits per heavy atom. The molecule has 1 aliphatic heterocycles. The smallest absolute Gasteiger partial charge is 0.282 e. The number of ether oxygens (including phenoxy) is 1. The number of aryl methyl sites for hydroxylation is 1. The molecule has 1 unspecified atom stereocenters. The van der Waals surface area contributed by atoms with Gasteiger partial charge in [0.1, 0.15) is 6.61 Å². The van der Waals surface area contributed by atoms with Crippen molar-refractivity contribution in [2.75, 3.05) is 11.3 Å². The summed E-state index contributed by atoms with van der Waals surface area (Å²) in [6.07, 6.45) is 1.64. The minimum Gasteiger partial charge on any atom is -0.463 e. The summed E-state index contributed by atoms with van der Waals surface area (Å²) in [4.78, 5) is 4.34. The van der Waals surface area contributed by atoms with Crippen LogP contribution < -0.4 is 10.5 Å². The average Bonchev–Trinajstić information content (AvgIpc) is 3.00. The molecular weight excluding hydrogens is 362 g/mol. The number of amidine groups is 1. The Hall–Kier alpha value is -2.25. The second-order valence-corrected chi connectivity index (χ2v) is 7.85. The molecule has 2 aromatic carbocycles. The number of nitrogens with two attached hydrogens (primary N) is 1. The third kappa shape index (κ3) is 4.64. The Balaban J connectivity index is 1.61. The van der Waals surface area contributed by atoms with Gasteiger partial charge in [0, 0.05) is 10.7 Å². The first-order valence-corrected chi connectivity index (χ1v) is 9.62. The maximum Gasteiger partial charge on any atom is 0.282 e. The van der Waals surface area contributed by atoms with Crippen molar-refractivity contribution in [3.8, 4) is 0 Å². The van der Waals surface area contributed by atoms with Gasteiger partial charge in [-0.1, -0.05) is 23.7 Å². The largest absolute Gasteiger partial charge is 0.463 e. The van der Waals surface area contributed by atoms with Gasteiger partial charge in [-0.3, -0.25) is 4.72 Å². The zero-order valence-electron chi connectivity index (χ0n) is 13.4. The van der Waals surface area contributed by atoms with Gasteiger partial charge < -0.3 is 10.5 Å². The number of aliphatic imine (C=N–C) groups is 1. The van der Waals surface area contributed by atoms with Crippen LogP contribution >= 0.6 is 11.6 Å². The quantitative estimate of drug-likeness (QED) is 0.806. The van der Waals surface area contributed by atoms with Crippen LogP contribution in [0.2, 0.25) is 5.02 Å². The molecule has 0 aromatic heterocycles. The standard InChI is InChI=1S/C17H18ClN3O3S/c18-13-4-9-16(10-5-13)25(22,23)21-14-6-1-12(2-7-14)3-8-15-11-24-17(19)20-15/h1-2,4-7,9-10,15,21H,3,8,11H2,(H2,19,20). The molecule has 132 valence electrons. The Kier molecular flexibility index (Phi) is 5.15. The highest BCUT2D eigenvalue weighted by Gasteiger charge is 2.16. The van der Waals surface area contributed by atoms with Gasteiger partial charge in [-0.2, -0.15) is 0 Å². The van der Waals surface area contributed by atoms with Crippen LogP contribution in [0.15, 0.2) is 58.4 Å². The van der Waals surface area contributed by atoms with Gasteiger partial charge in [-0.15, -0.1) is 0 Å². The molecule has 0 spiro atoms. The fraction of sp³-hybridized carbons (Fsp3) is 0.235. The van der Waals surface area contributed by atoms with Crippen molar-refractivity contribution < 1.29 is 13.2 Å². The molecule has 8 heteroatoms. The third-order valence-electron chi connectivity index (χ3n) is 3.83. The predicted octanol–water partition coefficient (Wildman–Crippen LogP) is 2.79. The summed E-state index contributed by atoms with van der Waals surface area (Å²) in [6, 6.07) is 13.6. The number of rotatable bonds is 6. The van der Waals surface area contributed by atoms with E-state index in [0.717, 1.165) is 18.4 Å². The molecule has 6 nitrogen and oxygen atoms in total. The van der Waals surface area contributed by atoms with E-state index in [4.69, 9.17) is 22.1 Å². The molecule has 0 saturated heterocycles. The van der Waals surface area contributed by atoms with Crippen molar-refractivity contribution >= 4 is 33.3 Å². The van der Waals surface area contributed by atoms with E-state index >= 15 is 0 Å². The molecule has 25 heavy (non-hydrogen) atoms. The first kappa shape index (κ1) is 17.6. The molecule has 3 N–H and O–H groups in total. The van der Waals surface area contributed by atoms with Crippen LogP contribution in [0.3, 0.4) is 0 Å². The van der Waals surface area contributed by atoms with Crippen molar-refractivity contribution in [1.29, 1.82) is 0 Å². The molecule has 0 aliphatic carbocycles. The van der Waals surface area contributed by atoms with Gasteiger partial charge in [-0.05, 0) is 54.8 Å². The zero-order valence-corrected chi connectivity index (χ0v) is 14.9. The second kappa shape index (κ2) is 7.33. The van der Waals surface area contributed by atoms with Crippen LogP contribution in [0.1, 0.15) is 12.0 Å². The van der Waals surface area contributed by atoms with Gasteiger partial charge in [0.25, 0.3) is 16.0 Å². The highest BCUT2D eigenvalue weighted by atomic mass is 35.5. The number of anilines is 1. The lowest BCUT2D eigenvalue weighted by Crippen LogP contribution is -2.12. The lowest BCUT2D eigenvalue weighted by atomic mass is 10.1. The van der Waals surface area contributed by atoms with E-state index in [-0.39, 0.29) is 17.0 Å². The SMILES string of the molecule is NC1=NC(CCc2ccc(NS(=O)(=O)c3ccc(Cl)cc3)cc2)CO1. The number of sulfonamides is 1. The van der Waals surface area contributed by atoms with Gasteiger partial charge in [0.2, 0.25) is 0 Å². The van der Waals surface area contributed by atoms with E-state index in [0.29, 0.717) is 17.3 Å². The fourth-order valence-corrected chi connectivity index (χ4v) is 3.67. The minimum atomic E-state index is -3.63. The molecule has 0 saturated carbocycles. The molecule has 3 rings (SSSR count). The number of halogens is 1. The van der Waals surface area contributed by atoms with Crippen molar-refractivity contribution in [3.05, 3.63) is 59.1 Å². The van der Waals surface area contributed by atoms with Gasteiger partial charge in [0.05, 0.1) is 10.9 Å². The Bertz CT molecular complexity index is 865. The second-order valence-electron chi connectivity index (χ2n) is 5.73. The van der Waals surface area contributed by atoms with E-state index < -0.39 is 10.0 Å². The van der Waals surface area contributed by atoms with Gasteiger partial charge in [0.15, 0.2) is 0 Å². The summed E-state index contributed by atoms with van der Waals surface area (Å²) >= 11 is 5.79. The zero-order chi connectivity index (χ0) is 17.9. The third-order valence-corrected chi connectivity index (χ3v) is 5.48. The monoisotopic (exact) mass is 379 g/mol. The van der Waals surface area contributed by atoms with E-state index in [1.807, 2.05) is 12.1 Å². The van der Waals surface area contributed by atoms with Gasteiger partial charge in [-0.25, -0.2) is 13.4 Å². The number of hydrogen-bond donors (Lipinski definition) is 2. The molecule has 0 amide bonds. The van der Waals surface area contributed by atoms with Crippen LogP contribution in [-0.4, -0.2) is 27.1 Å². The maximum absolute atomic E-state index is 12.3. The van der Waals surface area contributed by atoms with Crippen LogP contribution in [0.4, 0.5) is 5.69 Å². The highest BCUT2D eigenvalue weighted by Crippen LogP contribution is 2.19. The minimum absolute atomic E-state index is 0.0862. The maximum atomic E-state index is 12.3. The summed E-state index contributed by atoms with van der Waals surface area (Å²) in [5, 5.41) is 0.488. The summed E-state index contributed by atoms with van der Waals surface area (Å²) in [7, 11) is -3.63. The first-order chi connectivity index (χ1) is 11.9. The number of hydrogen-bond acceptors (Lipinski definition) is 5. The molecule has 2 aromatic rings. The van der Waals surface area contributed by atoms with E-state index in [1.165, 1.54) is 12.1 Å². The first-order valence-electron chi connectivity index (χ1n) is 7.76. The summed E-state index contributed by atoms with van der Waals surface area (Å²) in [6.45, 7) is 0.519. The molecular formula is C17H18ClN3O3S. The van der Waals surface area contributed by atoms with Crippen molar-refractivity contribution in [1.82, 2.24) is 0 Å². The topological polar surface area (TPSA) is 93.8 Å². The molecule has 1 aliphatic rings. The fourth-order valence-electron chi connectivity index (χ4n) is 2.48. The Labute approximate surface area is 151 Å². The average molecular weight is 380 g/mol. The predicted molar refractivity (Wildman–Crippen MR) is 98.4 cm³/mol. The summed E-state index contributed by atoms with van der Waals surface area (Å²) in [5.74, 6) is 0. The highest BCUT2D eigenvalue weighted by molar-refractivity contribution is 7.92. The Morgan fingerprint density at radius 2 is 1.84 bits per heavy atom. The lowest BCUT2D eigenvalue weighted by Gasteiger charge is -2.09. The van der Waals surface area contributed by atoms with Crippen molar-refractivity contribution in [2.24, 2.45) is 10.7 Å². The van der Waals surface area contributed by atoms with Crippen LogP contribution in [0.25, 0.3) is 0 Å². The van der Waals surface area contributed by atoms with Gasteiger partial charge >= 0.3 is 0 Å². The summed E-state index contributed by atoms with van der Waals surface area (Å²) in [5.41, 5.74) is 7.08. The molecule has 0 radical (unpaired) electrons. The summed E-state index contributed by atoms with van der Waals surface area (Å²) < 4.78 is 32.3.